The van der Waals surface area contributed by atoms with Crippen molar-refractivity contribution in [3.63, 3.8) is 0 Å². The van der Waals surface area contributed by atoms with E-state index in [2.05, 4.69) is 17.1 Å². The first-order valence-corrected chi connectivity index (χ1v) is 10.1. The van der Waals surface area contributed by atoms with Gasteiger partial charge in [0.1, 0.15) is 0 Å². The van der Waals surface area contributed by atoms with Crippen LogP contribution in [0.3, 0.4) is 0 Å². The van der Waals surface area contributed by atoms with Gasteiger partial charge in [0.25, 0.3) is 0 Å². The van der Waals surface area contributed by atoms with Gasteiger partial charge in [-0.2, -0.15) is 0 Å². The molecule has 5 heteroatoms. The summed E-state index contributed by atoms with van der Waals surface area (Å²) in [7, 11) is -2.79. The molecular weight excluding hydrogens is 272 g/mol. The van der Waals surface area contributed by atoms with E-state index >= 15 is 0 Å². The molecule has 3 rings (SSSR count). The molecular formula is C15H28N2O2S. The number of fused-ring (bicyclic) bond motifs is 2. The number of sulfone groups is 1. The molecule has 0 aliphatic carbocycles. The largest absolute Gasteiger partial charge is 0.314 e. The molecule has 116 valence electrons. The number of rotatable bonds is 3. The zero-order valence-electron chi connectivity index (χ0n) is 12.6. The zero-order chi connectivity index (χ0) is 14.2. The fraction of sp³-hybridized carbons (Fsp3) is 1.00. The van der Waals surface area contributed by atoms with Gasteiger partial charge in [-0.15, -0.1) is 0 Å². The Morgan fingerprint density at radius 1 is 1.05 bits per heavy atom. The highest BCUT2D eigenvalue weighted by Crippen LogP contribution is 2.37. The van der Waals surface area contributed by atoms with E-state index in [9.17, 15) is 8.42 Å². The van der Waals surface area contributed by atoms with Gasteiger partial charge in [0, 0.05) is 24.2 Å². The van der Waals surface area contributed by atoms with Crippen LogP contribution in [0.5, 0.6) is 0 Å². The van der Waals surface area contributed by atoms with Gasteiger partial charge < -0.3 is 5.32 Å². The van der Waals surface area contributed by atoms with E-state index in [1.165, 1.54) is 32.1 Å². The normalized spacial score (nSPS) is 41.5. The SMILES string of the molecule is CCNC1CC2CCCC(C1)N2C1CCCS(=O)(=O)C1. The lowest BCUT2D eigenvalue weighted by atomic mass is 9.80. The monoisotopic (exact) mass is 300 g/mol. The Kier molecular flexibility index (Phi) is 4.39. The number of hydrogen-bond donors (Lipinski definition) is 1. The van der Waals surface area contributed by atoms with Crippen LogP contribution >= 0.6 is 0 Å². The molecule has 3 aliphatic heterocycles. The molecule has 1 N–H and O–H groups in total. The molecule has 4 nitrogen and oxygen atoms in total. The van der Waals surface area contributed by atoms with E-state index in [1.54, 1.807) is 0 Å². The maximum Gasteiger partial charge on any atom is 0.151 e. The second-order valence-electron chi connectivity index (χ2n) is 6.82. The van der Waals surface area contributed by atoms with Gasteiger partial charge in [-0.25, -0.2) is 8.42 Å². The van der Waals surface area contributed by atoms with Crippen molar-refractivity contribution >= 4 is 9.84 Å². The van der Waals surface area contributed by atoms with Crippen molar-refractivity contribution in [2.75, 3.05) is 18.1 Å². The van der Waals surface area contributed by atoms with Crippen LogP contribution in [-0.4, -0.2) is 55.5 Å². The molecule has 3 aliphatic rings. The van der Waals surface area contributed by atoms with Gasteiger partial charge in [0.05, 0.1) is 11.5 Å². The highest BCUT2D eigenvalue weighted by atomic mass is 32.2. The predicted octanol–water partition coefficient (Wildman–Crippen LogP) is 1.56. The topological polar surface area (TPSA) is 49.4 Å². The first-order valence-electron chi connectivity index (χ1n) is 8.30. The highest BCUT2D eigenvalue weighted by molar-refractivity contribution is 7.91. The molecule has 0 aromatic carbocycles. The van der Waals surface area contributed by atoms with Crippen LogP contribution in [-0.2, 0) is 9.84 Å². The van der Waals surface area contributed by atoms with E-state index in [0.29, 0.717) is 35.7 Å². The zero-order valence-corrected chi connectivity index (χ0v) is 13.4. The third-order valence-corrected chi connectivity index (χ3v) is 7.19. The Bertz CT molecular complexity index is 423. The maximum atomic E-state index is 12.0. The van der Waals surface area contributed by atoms with Crippen molar-refractivity contribution < 1.29 is 8.42 Å². The van der Waals surface area contributed by atoms with Crippen LogP contribution in [0.4, 0.5) is 0 Å². The summed E-state index contributed by atoms with van der Waals surface area (Å²) in [6.07, 6.45) is 8.20. The Hall–Kier alpha value is -0.130. The number of hydrogen-bond acceptors (Lipinski definition) is 4. The minimum atomic E-state index is -2.79. The molecule has 3 fully saturated rings. The van der Waals surface area contributed by atoms with Crippen LogP contribution in [0.1, 0.15) is 51.9 Å². The lowest BCUT2D eigenvalue weighted by Crippen LogP contribution is -2.61. The van der Waals surface area contributed by atoms with E-state index in [1.807, 2.05) is 0 Å². The molecule has 3 unspecified atom stereocenters. The van der Waals surface area contributed by atoms with Crippen molar-refractivity contribution in [2.45, 2.75) is 76.0 Å². The van der Waals surface area contributed by atoms with Gasteiger partial charge >= 0.3 is 0 Å². The molecule has 2 bridgehead atoms. The molecule has 0 amide bonds. The molecule has 20 heavy (non-hydrogen) atoms. The van der Waals surface area contributed by atoms with Gasteiger partial charge in [0.2, 0.25) is 0 Å². The standard InChI is InChI=1S/C15H28N2O2S/c1-2-16-12-9-13-5-3-6-14(10-12)17(13)15-7-4-8-20(18,19)11-15/h12-16H,2-11H2,1H3. The number of piperidine rings is 2. The Balaban J connectivity index is 1.73. The van der Waals surface area contributed by atoms with Gasteiger partial charge in [0.15, 0.2) is 9.84 Å². The number of nitrogens with zero attached hydrogens (tertiary/aromatic N) is 1. The third kappa shape index (κ3) is 3.04. The van der Waals surface area contributed by atoms with Gasteiger partial charge in [-0.1, -0.05) is 13.3 Å². The summed E-state index contributed by atoms with van der Waals surface area (Å²) in [5, 5.41) is 3.61. The van der Waals surface area contributed by atoms with Crippen LogP contribution in [0.25, 0.3) is 0 Å². The predicted molar refractivity (Wildman–Crippen MR) is 81.6 cm³/mol. The lowest BCUT2D eigenvalue weighted by molar-refractivity contribution is -0.00755. The van der Waals surface area contributed by atoms with Crippen molar-refractivity contribution in [3.05, 3.63) is 0 Å². The van der Waals surface area contributed by atoms with E-state index in [-0.39, 0.29) is 0 Å². The average Bonchev–Trinajstić information content (AvgIpc) is 2.36. The smallest absolute Gasteiger partial charge is 0.151 e. The second kappa shape index (κ2) is 5.93. The summed E-state index contributed by atoms with van der Waals surface area (Å²) >= 11 is 0. The first kappa shape index (κ1) is 14.8. The lowest BCUT2D eigenvalue weighted by Gasteiger charge is -2.53. The molecule has 0 aromatic heterocycles. The molecule has 3 saturated heterocycles. The Morgan fingerprint density at radius 2 is 1.70 bits per heavy atom. The van der Waals surface area contributed by atoms with E-state index in [0.717, 1.165) is 19.4 Å². The summed E-state index contributed by atoms with van der Waals surface area (Å²) in [6, 6.07) is 2.17. The summed E-state index contributed by atoms with van der Waals surface area (Å²) in [5.41, 5.74) is 0. The Morgan fingerprint density at radius 3 is 2.30 bits per heavy atom. The summed E-state index contributed by atoms with van der Waals surface area (Å²) < 4.78 is 23.9. The van der Waals surface area contributed by atoms with Crippen LogP contribution in [0, 0.1) is 0 Å². The Labute approximate surface area is 123 Å². The molecule has 0 spiro atoms. The van der Waals surface area contributed by atoms with Crippen molar-refractivity contribution in [3.8, 4) is 0 Å². The van der Waals surface area contributed by atoms with E-state index in [4.69, 9.17) is 0 Å². The molecule has 0 aromatic rings. The molecule has 3 atom stereocenters. The molecule has 3 heterocycles. The third-order valence-electron chi connectivity index (χ3n) is 5.38. The van der Waals surface area contributed by atoms with Crippen LogP contribution < -0.4 is 5.32 Å². The van der Waals surface area contributed by atoms with Crippen molar-refractivity contribution in [1.82, 2.24) is 10.2 Å². The van der Waals surface area contributed by atoms with Gasteiger partial charge in [-0.3, -0.25) is 4.90 Å². The minimum absolute atomic E-state index is 0.298. The minimum Gasteiger partial charge on any atom is -0.314 e. The average molecular weight is 300 g/mol. The maximum absolute atomic E-state index is 12.0. The molecule has 0 saturated carbocycles. The van der Waals surface area contributed by atoms with Crippen LogP contribution in [0.15, 0.2) is 0 Å². The fourth-order valence-electron chi connectivity index (χ4n) is 4.70. The first-order chi connectivity index (χ1) is 9.59. The van der Waals surface area contributed by atoms with Crippen molar-refractivity contribution in [1.29, 1.82) is 0 Å². The fourth-order valence-corrected chi connectivity index (χ4v) is 6.40. The summed E-state index contributed by atoms with van der Waals surface area (Å²) in [4.78, 5) is 2.62. The summed E-state index contributed by atoms with van der Waals surface area (Å²) in [5.74, 6) is 0.818. The van der Waals surface area contributed by atoms with Gasteiger partial charge in [-0.05, 0) is 45.1 Å². The summed E-state index contributed by atoms with van der Waals surface area (Å²) in [6.45, 7) is 3.22. The second-order valence-corrected chi connectivity index (χ2v) is 9.05. The molecule has 0 radical (unpaired) electrons. The quantitative estimate of drug-likeness (QED) is 0.859. The van der Waals surface area contributed by atoms with E-state index < -0.39 is 9.84 Å². The highest BCUT2D eigenvalue weighted by Gasteiger charge is 2.43. The van der Waals surface area contributed by atoms with Crippen LogP contribution in [0.2, 0.25) is 0 Å². The number of nitrogens with one attached hydrogen (secondary N) is 1. The van der Waals surface area contributed by atoms with Crippen molar-refractivity contribution in [2.24, 2.45) is 0 Å².